The molecule has 118 valence electrons. The van der Waals surface area contributed by atoms with Crippen molar-refractivity contribution in [2.24, 2.45) is 0 Å². The van der Waals surface area contributed by atoms with E-state index in [1.807, 2.05) is 4.72 Å². The first-order valence-electron chi connectivity index (χ1n) is 6.86. The molecule has 1 amide bonds. The van der Waals surface area contributed by atoms with E-state index in [0.717, 1.165) is 4.31 Å². The summed E-state index contributed by atoms with van der Waals surface area (Å²) in [7, 11) is -3.80. The van der Waals surface area contributed by atoms with Crippen molar-refractivity contribution in [3.63, 3.8) is 0 Å². The third-order valence-corrected chi connectivity index (χ3v) is 4.88. The summed E-state index contributed by atoms with van der Waals surface area (Å²) in [6.45, 7) is 5.72. The zero-order chi connectivity index (χ0) is 16.0. The van der Waals surface area contributed by atoms with Crippen molar-refractivity contribution in [2.45, 2.75) is 33.1 Å². The third kappa shape index (κ3) is 5.09. The number of benzene rings is 1. The topological polar surface area (TPSA) is 66.5 Å². The van der Waals surface area contributed by atoms with Crippen LogP contribution in [0.2, 0.25) is 0 Å². The molecule has 1 aromatic rings. The Morgan fingerprint density at radius 2 is 1.95 bits per heavy atom. The van der Waals surface area contributed by atoms with E-state index in [-0.39, 0.29) is 18.2 Å². The highest BCUT2D eigenvalue weighted by Gasteiger charge is 2.22. The number of halogens is 1. The summed E-state index contributed by atoms with van der Waals surface area (Å²) in [5.41, 5.74) is 0.658. The van der Waals surface area contributed by atoms with Crippen LogP contribution in [0.1, 0.15) is 38.7 Å². The largest absolute Gasteiger partial charge is 0.303 e. The Balaban J connectivity index is 2.69. The van der Waals surface area contributed by atoms with Gasteiger partial charge in [0, 0.05) is 19.5 Å². The Kier molecular flexibility index (Phi) is 6.29. The fraction of sp³-hybridized carbons (Fsp3) is 0.500. The molecule has 1 aromatic carbocycles. The number of amides is 1. The SMILES string of the molecule is CCN(CC)S(=O)(=O)NC(=O)C[C@@H](C)c1cccc(F)c1. The van der Waals surface area contributed by atoms with E-state index in [9.17, 15) is 17.6 Å². The number of nitrogens with one attached hydrogen (secondary N) is 1. The van der Waals surface area contributed by atoms with Gasteiger partial charge in [0.1, 0.15) is 5.82 Å². The summed E-state index contributed by atoms with van der Waals surface area (Å²) in [4.78, 5) is 11.9. The molecule has 0 aromatic heterocycles. The van der Waals surface area contributed by atoms with Crippen molar-refractivity contribution < 1.29 is 17.6 Å². The normalized spacial score (nSPS) is 13.2. The number of hydrogen-bond acceptors (Lipinski definition) is 3. The van der Waals surface area contributed by atoms with E-state index in [1.54, 1.807) is 32.9 Å². The number of nitrogens with zero attached hydrogens (tertiary/aromatic N) is 1. The van der Waals surface area contributed by atoms with Gasteiger partial charge >= 0.3 is 10.2 Å². The minimum absolute atomic E-state index is 0.0239. The van der Waals surface area contributed by atoms with Crippen LogP contribution in [0.5, 0.6) is 0 Å². The average Bonchev–Trinajstić information content (AvgIpc) is 2.38. The van der Waals surface area contributed by atoms with Crippen LogP contribution in [-0.4, -0.2) is 31.7 Å². The lowest BCUT2D eigenvalue weighted by Gasteiger charge is -2.19. The molecule has 21 heavy (non-hydrogen) atoms. The monoisotopic (exact) mass is 316 g/mol. The lowest BCUT2D eigenvalue weighted by Crippen LogP contribution is -2.43. The Bertz CT molecular complexity index is 586. The van der Waals surface area contributed by atoms with Crippen LogP contribution in [-0.2, 0) is 15.0 Å². The van der Waals surface area contributed by atoms with Crippen molar-refractivity contribution in [1.29, 1.82) is 0 Å². The maximum absolute atomic E-state index is 13.1. The van der Waals surface area contributed by atoms with E-state index in [2.05, 4.69) is 0 Å². The minimum atomic E-state index is -3.80. The Morgan fingerprint density at radius 3 is 2.48 bits per heavy atom. The van der Waals surface area contributed by atoms with E-state index in [1.165, 1.54) is 12.1 Å². The molecule has 0 aliphatic carbocycles. The van der Waals surface area contributed by atoms with Crippen molar-refractivity contribution >= 4 is 16.1 Å². The van der Waals surface area contributed by atoms with Crippen molar-refractivity contribution in [3.8, 4) is 0 Å². The minimum Gasteiger partial charge on any atom is -0.274 e. The van der Waals surface area contributed by atoms with Gasteiger partial charge in [0.2, 0.25) is 5.91 Å². The quantitative estimate of drug-likeness (QED) is 0.837. The molecule has 0 saturated heterocycles. The van der Waals surface area contributed by atoms with Gasteiger partial charge in [-0.15, -0.1) is 0 Å². The number of carbonyl (C=O) groups excluding carboxylic acids is 1. The van der Waals surface area contributed by atoms with E-state index in [4.69, 9.17) is 0 Å². The van der Waals surface area contributed by atoms with Gasteiger partial charge in [-0.3, -0.25) is 4.79 Å². The van der Waals surface area contributed by atoms with Crippen LogP contribution in [0.4, 0.5) is 4.39 Å². The molecule has 5 nitrogen and oxygen atoms in total. The molecule has 0 unspecified atom stereocenters. The summed E-state index contributed by atoms with van der Waals surface area (Å²) >= 11 is 0. The summed E-state index contributed by atoms with van der Waals surface area (Å²) in [5.74, 6) is -1.25. The average molecular weight is 316 g/mol. The molecule has 1 rings (SSSR count). The summed E-state index contributed by atoms with van der Waals surface area (Å²) in [5, 5.41) is 0. The number of rotatable bonds is 7. The third-order valence-electron chi connectivity index (χ3n) is 3.20. The van der Waals surface area contributed by atoms with Crippen molar-refractivity contribution in [2.75, 3.05) is 13.1 Å². The highest BCUT2D eigenvalue weighted by atomic mass is 32.2. The van der Waals surface area contributed by atoms with Gasteiger partial charge in [-0.1, -0.05) is 32.9 Å². The molecule has 0 fully saturated rings. The predicted molar refractivity (Wildman–Crippen MR) is 79.4 cm³/mol. The molecule has 0 spiro atoms. The number of hydrogen-bond donors (Lipinski definition) is 1. The van der Waals surface area contributed by atoms with Crippen LogP contribution in [0, 0.1) is 5.82 Å². The van der Waals surface area contributed by atoms with Gasteiger partial charge in [0.25, 0.3) is 0 Å². The van der Waals surface area contributed by atoms with Crippen LogP contribution in [0.15, 0.2) is 24.3 Å². The Morgan fingerprint density at radius 1 is 1.33 bits per heavy atom. The lowest BCUT2D eigenvalue weighted by atomic mass is 9.98. The van der Waals surface area contributed by atoms with Gasteiger partial charge in [-0.2, -0.15) is 12.7 Å². The predicted octanol–water partition coefficient (Wildman–Crippen LogP) is 2.02. The molecular formula is C14H21FN2O3S. The maximum atomic E-state index is 13.1. The zero-order valence-electron chi connectivity index (χ0n) is 12.5. The first-order chi connectivity index (χ1) is 9.80. The standard InChI is InChI=1S/C14H21FN2O3S/c1-4-17(5-2)21(19,20)16-14(18)9-11(3)12-7-6-8-13(15)10-12/h6-8,10-11H,4-5,9H2,1-3H3,(H,16,18)/t11-/m1/s1. The van der Waals surface area contributed by atoms with Crippen LogP contribution in [0.25, 0.3) is 0 Å². The molecule has 0 saturated carbocycles. The number of carbonyl (C=O) groups is 1. The Hall–Kier alpha value is -1.47. The highest BCUT2D eigenvalue weighted by molar-refractivity contribution is 7.87. The molecule has 0 bridgehead atoms. The highest BCUT2D eigenvalue weighted by Crippen LogP contribution is 2.19. The van der Waals surface area contributed by atoms with Gasteiger partial charge < -0.3 is 0 Å². The van der Waals surface area contributed by atoms with E-state index in [0.29, 0.717) is 18.7 Å². The lowest BCUT2D eigenvalue weighted by molar-refractivity contribution is -0.119. The van der Waals surface area contributed by atoms with Crippen LogP contribution >= 0.6 is 0 Å². The molecule has 0 aliphatic rings. The maximum Gasteiger partial charge on any atom is 0.303 e. The molecule has 0 radical (unpaired) electrons. The second-order valence-electron chi connectivity index (χ2n) is 4.77. The summed E-state index contributed by atoms with van der Waals surface area (Å²) in [6.07, 6.45) is -0.0239. The molecule has 0 aliphatic heterocycles. The molecule has 0 heterocycles. The second-order valence-corrected chi connectivity index (χ2v) is 6.45. The van der Waals surface area contributed by atoms with Gasteiger partial charge in [0.05, 0.1) is 0 Å². The molecular weight excluding hydrogens is 295 g/mol. The summed E-state index contributed by atoms with van der Waals surface area (Å²) < 4.78 is 40.2. The molecule has 1 atom stereocenters. The van der Waals surface area contributed by atoms with E-state index >= 15 is 0 Å². The van der Waals surface area contributed by atoms with Gasteiger partial charge in [-0.25, -0.2) is 9.11 Å². The molecule has 1 N–H and O–H groups in total. The van der Waals surface area contributed by atoms with Gasteiger partial charge in [-0.05, 0) is 23.6 Å². The first-order valence-corrected chi connectivity index (χ1v) is 8.30. The van der Waals surface area contributed by atoms with Crippen molar-refractivity contribution in [3.05, 3.63) is 35.6 Å². The summed E-state index contributed by atoms with van der Waals surface area (Å²) in [6, 6.07) is 5.93. The Labute approximate surface area is 125 Å². The van der Waals surface area contributed by atoms with Crippen LogP contribution < -0.4 is 4.72 Å². The second kappa shape index (κ2) is 7.51. The molecule has 7 heteroatoms. The smallest absolute Gasteiger partial charge is 0.274 e. The fourth-order valence-electron chi connectivity index (χ4n) is 2.02. The van der Waals surface area contributed by atoms with E-state index < -0.39 is 16.1 Å². The zero-order valence-corrected chi connectivity index (χ0v) is 13.3. The van der Waals surface area contributed by atoms with Crippen LogP contribution in [0.3, 0.4) is 0 Å². The van der Waals surface area contributed by atoms with Crippen molar-refractivity contribution in [1.82, 2.24) is 9.03 Å². The fourth-order valence-corrected chi connectivity index (χ4v) is 3.20. The first kappa shape index (κ1) is 17.6. The van der Waals surface area contributed by atoms with Gasteiger partial charge in [0.15, 0.2) is 0 Å².